The molecule has 9 heteroatoms. The predicted molar refractivity (Wildman–Crippen MR) is 132 cm³/mol. The molecule has 0 spiro atoms. The Balaban J connectivity index is 1.11. The van der Waals surface area contributed by atoms with Gasteiger partial charge >= 0.3 is 6.03 Å². The third kappa shape index (κ3) is 4.41. The standard InChI is InChI=1S/C25H26ClN5O3/c1-34-17-3-5-21-19(11-17)15(12-28-21)6-8-27-24(32)13-29-25(33)31-9-7-18-20-10-16(26)2-4-22(20)30-23(18)14-31/h2-5,10-12,28,30H,6-9,13-14H2,1H3,(H,27,32)(H,29,33). The van der Waals surface area contributed by atoms with E-state index in [1.54, 1.807) is 12.0 Å². The highest BCUT2D eigenvalue weighted by molar-refractivity contribution is 6.31. The van der Waals surface area contributed by atoms with Crippen molar-refractivity contribution >= 4 is 45.3 Å². The lowest BCUT2D eigenvalue weighted by Gasteiger charge is -2.27. The molecular formula is C25H26ClN5O3. The van der Waals surface area contributed by atoms with Crippen LogP contribution in [-0.2, 0) is 24.2 Å². The number of hydrogen-bond acceptors (Lipinski definition) is 3. The largest absolute Gasteiger partial charge is 0.497 e. The second kappa shape index (κ2) is 9.30. The van der Waals surface area contributed by atoms with Crippen LogP contribution in [-0.4, -0.2) is 53.6 Å². The summed E-state index contributed by atoms with van der Waals surface area (Å²) in [5, 5.41) is 8.49. The Morgan fingerprint density at radius 2 is 1.97 bits per heavy atom. The van der Waals surface area contributed by atoms with E-state index >= 15 is 0 Å². The number of aromatic amines is 2. The molecule has 3 heterocycles. The summed E-state index contributed by atoms with van der Waals surface area (Å²) in [5.41, 5.74) is 5.36. The first kappa shape index (κ1) is 22.2. The zero-order valence-electron chi connectivity index (χ0n) is 18.8. The Morgan fingerprint density at radius 1 is 1.12 bits per heavy atom. The minimum Gasteiger partial charge on any atom is -0.497 e. The smallest absolute Gasteiger partial charge is 0.318 e. The Labute approximate surface area is 201 Å². The van der Waals surface area contributed by atoms with Gasteiger partial charge in [0.15, 0.2) is 0 Å². The predicted octanol–water partition coefficient (Wildman–Crippen LogP) is 3.74. The first-order valence-electron chi connectivity index (χ1n) is 11.2. The van der Waals surface area contributed by atoms with Gasteiger partial charge in [0.25, 0.3) is 0 Å². The molecule has 8 nitrogen and oxygen atoms in total. The number of nitrogens with one attached hydrogen (secondary N) is 4. The lowest BCUT2D eigenvalue weighted by molar-refractivity contribution is -0.120. The quantitative estimate of drug-likeness (QED) is 0.339. The van der Waals surface area contributed by atoms with Crippen LogP contribution in [0.5, 0.6) is 5.75 Å². The number of H-pyrrole nitrogens is 2. The average Bonchev–Trinajstić information content (AvgIpc) is 3.42. The molecule has 0 saturated heterocycles. The topological polar surface area (TPSA) is 102 Å². The fourth-order valence-corrected chi connectivity index (χ4v) is 4.72. The lowest BCUT2D eigenvalue weighted by atomic mass is 10.0. The van der Waals surface area contributed by atoms with Crippen molar-refractivity contribution in [1.29, 1.82) is 0 Å². The van der Waals surface area contributed by atoms with Gasteiger partial charge < -0.3 is 30.2 Å². The van der Waals surface area contributed by atoms with Crippen LogP contribution < -0.4 is 15.4 Å². The summed E-state index contributed by atoms with van der Waals surface area (Å²) in [4.78, 5) is 33.2. The Bertz CT molecular complexity index is 1380. The lowest BCUT2D eigenvalue weighted by Crippen LogP contribution is -2.46. The van der Waals surface area contributed by atoms with Crippen LogP contribution in [0.4, 0.5) is 4.79 Å². The molecule has 0 saturated carbocycles. The van der Waals surface area contributed by atoms with E-state index in [9.17, 15) is 9.59 Å². The molecule has 0 aliphatic carbocycles. The van der Waals surface area contributed by atoms with E-state index in [0.29, 0.717) is 31.1 Å². The van der Waals surface area contributed by atoms with Crippen LogP contribution in [0.2, 0.25) is 5.02 Å². The van der Waals surface area contributed by atoms with Gasteiger partial charge in [-0.3, -0.25) is 4.79 Å². The number of halogens is 1. The average molecular weight is 480 g/mol. The Morgan fingerprint density at radius 3 is 2.82 bits per heavy atom. The molecule has 4 aromatic rings. The van der Waals surface area contributed by atoms with Crippen molar-refractivity contribution in [2.45, 2.75) is 19.4 Å². The highest BCUT2D eigenvalue weighted by Gasteiger charge is 2.24. The molecule has 34 heavy (non-hydrogen) atoms. The monoisotopic (exact) mass is 479 g/mol. The zero-order valence-corrected chi connectivity index (χ0v) is 19.6. The van der Waals surface area contributed by atoms with Gasteiger partial charge in [0.2, 0.25) is 5.91 Å². The van der Waals surface area contributed by atoms with Gasteiger partial charge in [-0.25, -0.2) is 4.79 Å². The van der Waals surface area contributed by atoms with E-state index in [1.807, 2.05) is 42.6 Å². The minimum absolute atomic E-state index is 0.0633. The summed E-state index contributed by atoms with van der Waals surface area (Å²) in [6.45, 7) is 1.47. The van der Waals surface area contributed by atoms with Crippen molar-refractivity contribution in [3.63, 3.8) is 0 Å². The van der Waals surface area contributed by atoms with Crippen LogP contribution in [0.1, 0.15) is 16.8 Å². The Hall–Kier alpha value is -3.65. The molecular weight excluding hydrogens is 454 g/mol. The fourth-order valence-electron chi connectivity index (χ4n) is 4.54. The number of urea groups is 1. The van der Waals surface area contributed by atoms with Crippen molar-refractivity contribution < 1.29 is 14.3 Å². The van der Waals surface area contributed by atoms with Crippen LogP contribution >= 0.6 is 11.6 Å². The molecule has 3 amide bonds. The molecule has 0 unspecified atom stereocenters. The maximum Gasteiger partial charge on any atom is 0.318 e. The van der Waals surface area contributed by atoms with Crippen LogP contribution in [0.25, 0.3) is 21.8 Å². The molecule has 2 aromatic heterocycles. The number of ether oxygens (including phenoxy) is 1. The number of nitrogens with zero attached hydrogens (tertiary/aromatic N) is 1. The molecule has 4 N–H and O–H groups in total. The first-order valence-corrected chi connectivity index (χ1v) is 11.6. The van der Waals surface area contributed by atoms with Crippen molar-refractivity contribution in [1.82, 2.24) is 25.5 Å². The molecule has 1 aliphatic heterocycles. The number of carbonyl (C=O) groups excluding carboxylic acids is 2. The number of amides is 3. The van der Waals surface area contributed by atoms with Crippen molar-refractivity contribution in [2.24, 2.45) is 0 Å². The van der Waals surface area contributed by atoms with Gasteiger partial charge in [0.05, 0.1) is 20.2 Å². The van der Waals surface area contributed by atoms with Crippen LogP contribution in [0.15, 0.2) is 42.6 Å². The summed E-state index contributed by atoms with van der Waals surface area (Å²) < 4.78 is 5.30. The van der Waals surface area contributed by atoms with Gasteiger partial charge in [0, 0.05) is 51.8 Å². The molecule has 2 aromatic carbocycles. The maximum absolute atomic E-state index is 12.6. The van der Waals surface area contributed by atoms with Crippen LogP contribution in [0, 0.1) is 0 Å². The Kier molecular flexibility index (Phi) is 6.06. The van der Waals surface area contributed by atoms with E-state index in [-0.39, 0.29) is 18.5 Å². The van der Waals surface area contributed by atoms with E-state index in [4.69, 9.17) is 16.3 Å². The summed E-state index contributed by atoms with van der Waals surface area (Å²) in [5.74, 6) is 0.574. The normalized spacial score (nSPS) is 13.2. The second-order valence-corrected chi connectivity index (χ2v) is 8.86. The van der Waals surface area contributed by atoms with Gasteiger partial charge in [-0.2, -0.15) is 0 Å². The number of hydrogen-bond donors (Lipinski definition) is 4. The number of benzene rings is 2. The van der Waals surface area contributed by atoms with E-state index in [1.165, 1.54) is 5.56 Å². The van der Waals surface area contributed by atoms with Crippen molar-refractivity contribution in [3.05, 3.63) is 64.4 Å². The molecule has 176 valence electrons. The molecule has 5 rings (SSSR count). The number of carbonyl (C=O) groups is 2. The number of methoxy groups -OCH3 is 1. The van der Waals surface area contributed by atoms with Crippen LogP contribution in [0.3, 0.4) is 0 Å². The number of rotatable bonds is 6. The first-order chi connectivity index (χ1) is 16.5. The van der Waals surface area contributed by atoms with E-state index in [0.717, 1.165) is 45.2 Å². The van der Waals surface area contributed by atoms with Gasteiger partial charge in [-0.15, -0.1) is 0 Å². The summed E-state index contributed by atoms with van der Waals surface area (Å²) >= 11 is 6.14. The zero-order chi connectivity index (χ0) is 23.7. The van der Waals surface area contributed by atoms with E-state index < -0.39 is 0 Å². The van der Waals surface area contributed by atoms with Gasteiger partial charge in [-0.05, 0) is 60.4 Å². The third-order valence-electron chi connectivity index (χ3n) is 6.32. The van der Waals surface area contributed by atoms with Gasteiger partial charge in [-0.1, -0.05) is 11.6 Å². The summed E-state index contributed by atoms with van der Waals surface area (Å²) in [6.07, 6.45) is 3.36. The highest BCUT2D eigenvalue weighted by Crippen LogP contribution is 2.29. The fraction of sp³-hybridized carbons (Fsp3) is 0.280. The highest BCUT2D eigenvalue weighted by atomic mass is 35.5. The summed E-state index contributed by atoms with van der Waals surface area (Å²) in [6, 6.07) is 11.4. The molecule has 0 atom stereocenters. The number of aromatic nitrogens is 2. The molecule has 0 radical (unpaired) electrons. The van der Waals surface area contributed by atoms with Crippen molar-refractivity contribution in [2.75, 3.05) is 26.7 Å². The van der Waals surface area contributed by atoms with Crippen molar-refractivity contribution in [3.8, 4) is 5.75 Å². The molecule has 0 fully saturated rings. The molecule has 0 bridgehead atoms. The van der Waals surface area contributed by atoms with Gasteiger partial charge in [0.1, 0.15) is 5.75 Å². The second-order valence-electron chi connectivity index (χ2n) is 8.43. The van der Waals surface area contributed by atoms with E-state index in [2.05, 4.69) is 20.6 Å². The number of fused-ring (bicyclic) bond motifs is 4. The molecule has 1 aliphatic rings. The summed E-state index contributed by atoms with van der Waals surface area (Å²) in [7, 11) is 1.64. The SMILES string of the molecule is COc1ccc2[nH]cc(CCNC(=O)CNC(=O)N3CCc4c([nH]c5ccc(Cl)cc45)C3)c2c1. The minimum atomic E-state index is -0.249. The third-order valence-corrected chi connectivity index (χ3v) is 6.55. The maximum atomic E-state index is 12.6.